The normalized spacial score (nSPS) is 15.3. The molecule has 0 aromatic heterocycles. The molecule has 0 bridgehead atoms. The highest BCUT2D eigenvalue weighted by Crippen LogP contribution is 2.18. The minimum absolute atomic E-state index is 0.213. The minimum atomic E-state index is -0.518. The van der Waals surface area contributed by atoms with Crippen molar-refractivity contribution >= 4 is 17.8 Å². The molecule has 1 atom stereocenters. The van der Waals surface area contributed by atoms with Crippen LogP contribution in [-0.4, -0.2) is 35.8 Å². The number of nitrogens with zero attached hydrogens (tertiary/aromatic N) is 1. The Morgan fingerprint density at radius 1 is 1.04 bits per heavy atom. The number of benzene rings is 2. The molecule has 0 radical (unpaired) electrons. The fourth-order valence-corrected chi connectivity index (χ4v) is 2.95. The number of carbonyl (C=O) groups is 3. The molecule has 134 valence electrons. The van der Waals surface area contributed by atoms with Crippen LogP contribution in [-0.2, 0) is 16.0 Å². The monoisotopic (exact) mass is 351 g/mol. The smallest absolute Gasteiger partial charge is 0.324 e. The van der Waals surface area contributed by atoms with E-state index in [1.54, 1.807) is 0 Å². The van der Waals surface area contributed by atoms with Crippen molar-refractivity contribution in [2.24, 2.45) is 0 Å². The van der Waals surface area contributed by atoms with E-state index in [1.807, 2.05) is 60.7 Å². The summed E-state index contributed by atoms with van der Waals surface area (Å²) in [5.41, 5.74) is 2.06. The zero-order valence-electron chi connectivity index (χ0n) is 14.4. The van der Waals surface area contributed by atoms with E-state index in [4.69, 9.17) is 0 Å². The number of rotatable bonds is 6. The van der Waals surface area contributed by atoms with Gasteiger partial charge >= 0.3 is 6.03 Å². The molecule has 6 heteroatoms. The van der Waals surface area contributed by atoms with Crippen molar-refractivity contribution in [2.75, 3.05) is 13.1 Å². The molecule has 1 aliphatic heterocycles. The highest BCUT2D eigenvalue weighted by Gasteiger charge is 2.28. The summed E-state index contributed by atoms with van der Waals surface area (Å²) >= 11 is 0. The van der Waals surface area contributed by atoms with Gasteiger partial charge in [-0.15, -0.1) is 0 Å². The van der Waals surface area contributed by atoms with Crippen molar-refractivity contribution in [1.82, 2.24) is 15.5 Å². The van der Waals surface area contributed by atoms with E-state index >= 15 is 0 Å². The summed E-state index contributed by atoms with van der Waals surface area (Å²) in [5, 5.41) is 5.54. The highest BCUT2D eigenvalue weighted by molar-refractivity contribution is 6.00. The number of urea groups is 1. The summed E-state index contributed by atoms with van der Waals surface area (Å²) in [5.74, 6) is -0.691. The molecule has 6 nitrogen and oxygen atoms in total. The molecular weight excluding hydrogens is 330 g/mol. The predicted molar refractivity (Wildman–Crippen MR) is 97.2 cm³/mol. The largest absolute Gasteiger partial charge is 0.347 e. The third kappa shape index (κ3) is 4.47. The first-order valence-corrected chi connectivity index (χ1v) is 8.60. The SMILES string of the molecule is O=C(CN1C(=O)CCNC1=O)N[C@@H](Cc1ccccc1)c1ccccc1. The fourth-order valence-electron chi connectivity index (χ4n) is 2.95. The number of hydrogen-bond donors (Lipinski definition) is 2. The van der Waals surface area contributed by atoms with Crippen LogP contribution in [0.25, 0.3) is 0 Å². The molecule has 1 fully saturated rings. The first-order chi connectivity index (χ1) is 12.6. The molecule has 1 heterocycles. The highest BCUT2D eigenvalue weighted by atomic mass is 16.2. The molecule has 4 amide bonds. The van der Waals surface area contributed by atoms with E-state index in [0.717, 1.165) is 16.0 Å². The van der Waals surface area contributed by atoms with E-state index in [9.17, 15) is 14.4 Å². The van der Waals surface area contributed by atoms with Crippen molar-refractivity contribution in [3.05, 3.63) is 71.8 Å². The van der Waals surface area contributed by atoms with E-state index in [2.05, 4.69) is 10.6 Å². The maximum atomic E-state index is 12.5. The third-order valence-electron chi connectivity index (χ3n) is 4.28. The third-order valence-corrected chi connectivity index (χ3v) is 4.28. The molecule has 2 aromatic carbocycles. The molecule has 26 heavy (non-hydrogen) atoms. The Kier molecular flexibility index (Phi) is 5.63. The molecule has 0 saturated carbocycles. The quantitative estimate of drug-likeness (QED) is 0.836. The van der Waals surface area contributed by atoms with Crippen LogP contribution < -0.4 is 10.6 Å². The zero-order chi connectivity index (χ0) is 18.4. The Hall–Kier alpha value is -3.15. The molecule has 0 spiro atoms. The van der Waals surface area contributed by atoms with Crippen LogP contribution in [0.2, 0.25) is 0 Å². The number of hydrogen-bond acceptors (Lipinski definition) is 3. The van der Waals surface area contributed by atoms with E-state index in [0.29, 0.717) is 13.0 Å². The van der Waals surface area contributed by atoms with Crippen molar-refractivity contribution in [3.63, 3.8) is 0 Å². The fraction of sp³-hybridized carbons (Fsp3) is 0.250. The van der Waals surface area contributed by atoms with Gasteiger partial charge in [-0.05, 0) is 17.5 Å². The topological polar surface area (TPSA) is 78.5 Å². The Labute approximate surface area is 152 Å². The summed E-state index contributed by atoms with van der Waals surface area (Å²) in [7, 11) is 0. The van der Waals surface area contributed by atoms with Crippen molar-refractivity contribution < 1.29 is 14.4 Å². The van der Waals surface area contributed by atoms with Crippen LogP contribution >= 0.6 is 0 Å². The maximum absolute atomic E-state index is 12.5. The van der Waals surface area contributed by atoms with Gasteiger partial charge in [0.1, 0.15) is 6.54 Å². The van der Waals surface area contributed by atoms with Gasteiger partial charge in [-0.1, -0.05) is 60.7 Å². The maximum Gasteiger partial charge on any atom is 0.324 e. The van der Waals surface area contributed by atoms with Crippen molar-refractivity contribution in [2.45, 2.75) is 18.9 Å². The molecule has 0 aliphatic carbocycles. The van der Waals surface area contributed by atoms with Crippen molar-refractivity contribution in [3.8, 4) is 0 Å². The van der Waals surface area contributed by atoms with Crippen LogP contribution in [0.4, 0.5) is 4.79 Å². The van der Waals surface area contributed by atoms with Gasteiger partial charge in [0.15, 0.2) is 0 Å². The van der Waals surface area contributed by atoms with Gasteiger partial charge in [-0.2, -0.15) is 0 Å². The Balaban J connectivity index is 1.71. The van der Waals surface area contributed by atoms with Gasteiger partial charge in [0.05, 0.1) is 6.04 Å². The molecule has 2 N–H and O–H groups in total. The van der Waals surface area contributed by atoms with Crippen LogP contribution in [0, 0.1) is 0 Å². The summed E-state index contributed by atoms with van der Waals surface area (Å²) < 4.78 is 0. The van der Waals surface area contributed by atoms with E-state index in [-0.39, 0.29) is 30.8 Å². The van der Waals surface area contributed by atoms with Gasteiger partial charge in [0, 0.05) is 13.0 Å². The second-order valence-electron chi connectivity index (χ2n) is 6.18. The number of nitrogens with one attached hydrogen (secondary N) is 2. The van der Waals surface area contributed by atoms with Gasteiger partial charge in [0.25, 0.3) is 0 Å². The van der Waals surface area contributed by atoms with Crippen LogP contribution in [0.15, 0.2) is 60.7 Å². The lowest BCUT2D eigenvalue weighted by Crippen LogP contribution is -2.53. The van der Waals surface area contributed by atoms with Gasteiger partial charge in [0.2, 0.25) is 11.8 Å². The second kappa shape index (κ2) is 8.29. The Morgan fingerprint density at radius 3 is 2.35 bits per heavy atom. The molecule has 1 aliphatic rings. The second-order valence-corrected chi connectivity index (χ2v) is 6.18. The Bertz CT molecular complexity index is 761. The number of carbonyl (C=O) groups excluding carboxylic acids is 3. The molecule has 0 unspecified atom stereocenters. The van der Waals surface area contributed by atoms with E-state index < -0.39 is 6.03 Å². The van der Waals surface area contributed by atoms with Crippen LogP contribution in [0.5, 0.6) is 0 Å². The zero-order valence-corrected chi connectivity index (χ0v) is 14.4. The molecular formula is C20H21N3O3. The number of imide groups is 1. The van der Waals surface area contributed by atoms with Crippen LogP contribution in [0.1, 0.15) is 23.6 Å². The van der Waals surface area contributed by atoms with Gasteiger partial charge in [-0.3, -0.25) is 14.5 Å². The summed E-state index contributed by atoms with van der Waals surface area (Å²) in [6.07, 6.45) is 0.835. The van der Waals surface area contributed by atoms with Gasteiger partial charge in [-0.25, -0.2) is 4.79 Å². The Morgan fingerprint density at radius 2 is 1.69 bits per heavy atom. The molecule has 2 aromatic rings. The predicted octanol–water partition coefficient (Wildman–Crippen LogP) is 2.03. The summed E-state index contributed by atoms with van der Waals surface area (Å²) in [6.45, 7) is 0.0409. The average Bonchev–Trinajstić information content (AvgIpc) is 2.66. The molecule has 3 rings (SSSR count). The lowest BCUT2D eigenvalue weighted by molar-refractivity contribution is -0.134. The van der Waals surface area contributed by atoms with Crippen LogP contribution in [0.3, 0.4) is 0 Å². The van der Waals surface area contributed by atoms with Gasteiger partial charge < -0.3 is 10.6 Å². The first kappa shape index (κ1) is 17.7. The molecule has 1 saturated heterocycles. The first-order valence-electron chi connectivity index (χ1n) is 8.60. The lowest BCUT2D eigenvalue weighted by atomic mass is 9.99. The lowest BCUT2D eigenvalue weighted by Gasteiger charge is -2.26. The standard InChI is InChI=1S/C20H21N3O3/c24-18(14-23-19(25)11-12-21-20(23)26)22-17(16-9-5-2-6-10-16)13-15-7-3-1-4-8-15/h1-10,17H,11-14H2,(H,21,26)(H,22,24)/t17-/m0/s1. The summed E-state index contributed by atoms with van der Waals surface area (Å²) in [4.78, 5) is 37.1. The van der Waals surface area contributed by atoms with E-state index in [1.165, 1.54) is 0 Å². The number of amides is 4. The minimum Gasteiger partial charge on any atom is -0.347 e. The average molecular weight is 351 g/mol. The van der Waals surface area contributed by atoms with Crippen molar-refractivity contribution in [1.29, 1.82) is 0 Å². The summed E-state index contributed by atoms with van der Waals surface area (Å²) in [6, 6.07) is 18.8.